The van der Waals surface area contributed by atoms with Crippen molar-refractivity contribution in [2.24, 2.45) is 0 Å². The van der Waals surface area contributed by atoms with Gasteiger partial charge in [-0.2, -0.15) is 0 Å². The third kappa shape index (κ3) is 2.33. The molecule has 0 saturated heterocycles. The molecule has 6 heteroatoms. The maximum atomic E-state index is 11.2. The fourth-order valence-electron chi connectivity index (χ4n) is 0.823. The third-order valence-corrected chi connectivity index (χ3v) is 1.53. The van der Waals surface area contributed by atoms with E-state index in [-0.39, 0.29) is 5.76 Å². The lowest BCUT2D eigenvalue weighted by atomic mass is 10.3. The number of aliphatic carboxylic acids is 1. The van der Waals surface area contributed by atoms with Gasteiger partial charge in [0.05, 0.1) is 12.9 Å². The number of carbonyl (C=O) groups is 2. The van der Waals surface area contributed by atoms with Crippen molar-refractivity contribution >= 4 is 11.9 Å². The van der Waals surface area contributed by atoms with Gasteiger partial charge in [0.2, 0.25) is 0 Å². The molecule has 1 aromatic heterocycles. The van der Waals surface area contributed by atoms with Gasteiger partial charge in [-0.05, 0) is 12.1 Å². The zero-order valence-corrected chi connectivity index (χ0v) is 7.14. The molecule has 1 rings (SSSR count). The fraction of sp³-hybridized carbons (Fsp3) is 0.250. The highest BCUT2D eigenvalue weighted by molar-refractivity contribution is 5.94. The van der Waals surface area contributed by atoms with Crippen LogP contribution < -0.4 is 5.32 Å². The summed E-state index contributed by atoms with van der Waals surface area (Å²) in [6.45, 7) is -0.665. The molecule has 1 amide bonds. The monoisotopic (exact) mass is 199 g/mol. The second-order valence-corrected chi connectivity index (χ2v) is 2.52. The van der Waals surface area contributed by atoms with Crippen LogP contribution in [-0.2, 0) is 4.79 Å². The topological polar surface area (TPSA) is 99.8 Å². The molecule has 0 aromatic carbocycles. The molecular weight excluding hydrogens is 190 g/mol. The van der Waals surface area contributed by atoms with Crippen LogP contribution >= 0.6 is 0 Å². The highest BCUT2D eigenvalue weighted by Crippen LogP contribution is 1.99. The molecule has 0 saturated carbocycles. The summed E-state index contributed by atoms with van der Waals surface area (Å²) in [6, 6.07) is 1.59. The Hall–Kier alpha value is -1.82. The number of aliphatic hydroxyl groups excluding tert-OH is 1. The van der Waals surface area contributed by atoms with E-state index in [1.54, 1.807) is 0 Å². The Kier molecular flexibility index (Phi) is 3.24. The van der Waals surface area contributed by atoms with E-state index in [1.807, 2.05) is 0 Å². The normalized spacial score (nSPS) is 12.1. The smallest absolute Gasteiger partial charge is 0.328 e. The lowest BCUT2D eigenvalue weighted by Gasteiger charge is -2.09. The van der Waals surface area contributed by atoms with E-state index >= 15 is 0 Å². The highest BCUT2D eigenvalue weighted by Gasteiger charge is 2.20. The summed E-state index contributed by atoms with van der Waals surface area (Å²) >= 11 is 0. The van der Waals surface area contributed by atoms with Gasteiger partial charge in [0, 0.05) is 0 Å². The van der Waals surface area contributed by atoms with E-state index < -0.39 is 24.5 Å². The minimum atomic E-state index is -1.31. The van der Waals surface area contributed by atoms with E-state index in [4.69, 9.17) is 14.6 Å². The minimum Gasteiger partial charge on any atom is -0.480 e. The first-order valence-corrected chi connectivity index (χ1v) is 3.83. The van der Waals surface area contributed by atoms with Crippen LogP contribution in [0.4, 0.5) is 0 Å². The number of hydrogen-bond donors (Lipinski definition) is 3. The van der Waals surface area contributed by atoms with Gasteiger partial charge in [-0.25, -0.2) is 4.79 Å². The van der Waals surface area contributed by atoms with Crippen molar-refractivity contribution in [3.05, 3.63) is 24.2 Å². The molecule has 0 fully saturated rings. The average Bonchev–Trinajstić information content (AvgIpc) is 2.65. The van der Waals surface area contributed by atoms with Crippen LogP contribution in [0.25, 0.3) is 0 Å². The van der Waals surface area contributed by atoms with E-state index in [9.17, 15) is 9.59 Å². The maximum absolute atomic E-state index is 11.2. The molecule has 0 unspecified atom stereocenters. The number of aliphatic hydroxyl groups is 1. The second kappa shape index (κ2) is 4.43. The number of carbonyl (C=O) groups excluding carboxylic acids is 1. The third-order valence-electron chi connectivity index (χ3n) is 1.53. The van der Waals surface area contributed by atoms with Crippen molar-refractivity contribution < 1.29 is 24.2 Å². The van der Waals surface area contributed by atoms with Gasteiger partial charge in [-0.1, -0.05) is 0 Å². The molecule has 0 radical (unpaired) electrons. The standard InChI is InChI=1S/C8H9NO5/c10-4-5(8(12)13)9-7(11)6-2-1-3-14-6/h1-3,5,10H,4H2,(H,9,11)(H,12,13)/t5-/m1/s1. The van der Waals surface area contributed by atoms with E-state index in [0.29, 0.717) is 0 Å². The van der Waals surface area contributed by atoms with Gasteiger partial charge < -0.3 is 19.9 Å². The summed E-state index contributed by atoms with van der Waals surface area (Å²) in [5.74, 6) is -1.96. The van der Waals surface area contributed by atoms with Crippen LogP contribution in [0.1, 0.15) is 10.6 Å². The van der Waals surface area contributed by atoms with E-state index in [2.05, 4.69) is 5.32 Å². The molecule has 3 N–H and O–H groups in total. The molecule has 14 heavy (non-hydrogen) atoms. The Balaban J connectivity index is 2.60. The number of furan rings is 1. The van der Waals surface area contributed by atoms with Crippen LogP contribution in [-0.4, -0.2) is 34.7 Å². The summed E-state index contributed by atoms with van der Waals surface area (Å²) in [6.07, 6.45) is 1.30. The lowest BCUT2D eigenvalue weighted by molar-refractivity contribution is -0.140. The molecule has 0 aliphatic carbocycles. The first-order chi connectivity index (χ1) is 6.65. The zero-order chi connectivity index (χ0) is 10.6. The largest absolute Gasteiger partial charge is 0.480 e. The average molecular weight is 199 g/mol. The van der Waals surface area contributed by atoms with Crippen molar-refractivity contribution in [2.45, 2.75) is 6.04 Å². The molecule has 0 spiro atoms. The van der Waals surface area contributed by atoms with Gasteiger partial charge in [0.1, 0.15) is 0 Å². The summed E-state index contributed by atoms with van der Waals surface area (Å²) < 4.78 is 4.73. The van der Waals surface area contributed by atoms with Crippen molar-refractivity contribution in [3.8, 4) is 0 Å². The Labute approximate surface area is 79.1 Å². The van der Waals surface area contributed by atoms with Crippen LogP contribution in [0.15, 0.2) is 22.8 Å². The van der Waals surface area contributed by atoms with E-state index in [1.165, 1.54) is 18.4 Å². The Morgan fingerprint density at radius 1 is 1.57 bits per heavy atom. The molecule has 6 nitrogen and oxygen atoms in total. The first kappa shape index (κ1) is 10.3. The quantitative estimate of drug-likeness (QED) is 0.604. The molecule has 76 valence electrons. The summed E-state index contributed by atoms with van der Waals surface area (Å²) in [7, 11) is 0. The Bertz CT molecular complexity index is 318. The van der Waals surface area contributed by atoms with Crippen molar-refractivity contribution in [1.29, 1.82) is 0 Å². The summed E-state index contributed by atoms with van der Waals surface area (Å²) in [5.41, 5.74) is 0. The highest BCUT2D eigenvalue weighted by atomic mass is 16.4. The summed E-state index contributed by atoms with van der Waals surface area (Å²) in [4.78, 5) is 21.6. The van der Waals surface area contributed by atoms with Crippen LogP contribution in [0.3, 0.4) is 0 Å². The van der Waals surface area contributed by atoms with Gasteiger partial charge >= 0.3 is 5.97 Å². The lowest BCUT2D eigenvalue weighted by Crippen LogP contribution is -2.43. The predicted octanol–water partition coefficient (Wildman–Crippen LogP) is -0.545. The number of hydrogen-bond acceptors (Lipinski definition) is 4. The van der Waals surface area contributed by atoms with E-state index in [0.717, 1.165) is 0 Å². The number of carboxylic acids is 1. The Morgan fingerprint density at radius 2 is 2.29 bits per heavy atom. The fourth-order valence-corrected chi connectivity index (χ4v) is 0.823. The number of carboxylic acid groups (broad SMARTS) is 1. The molecule has 1 atom stereocenters. The number of amides is 1. The van der Waals surface area contributed by atoms with Crippen molar-refractivity contribution in [1.82, 2.24) is 5.32 Å². The Morgan fingerprint density at radius 3 is 2.71 bits per heavy atom. The van der Waals surface area contributed by atoms with Gasteiger partial charge in [-0.3, -0.25) is 4.79 Å². The zero-order valence-electron chi connectivity index (χ0n) is 7.14. The van der Waals surface area contributed by atoms with Crippen LogP contribution in [0.2, 0.25) is 0 Å². The molecular formula is C8H9NO5. The molecule has 0 bridgehead atoms. The predicted molar refractivity (Wildman–Crippen MR) is 44.7 cm³/mol. The van der Waals surface area contributed by atoms with Crippen molar-refractivity contribution in [3.63, 3.8) is 0 Å². The summed E-state index contributed by atoms with van der Waals surface area (Å²) in [5, 5.41) is 19.2. The van der Waals surface area contributed by atoms with Crippen LogP contribution in [0.5, 0.6) is 0 Å². The number of rotatable bonds is 4. The van der Waals surface area contributed by atoms with Crippen LogP contribution in [0, 0.1) is 0 Å². The minimum absolute atomic E-state index is 0.00435. The molecule has 0 aliphatic rings. The maximum Gasteiger partial charge on any atom is 0.328 e. The number of nitrogens with one attached hydrogen (secondary N) is 1. The van der Waals surface area contributed by atoms with Gasteiger partial charge in [-0.15, -0.1) is 0 Å². The van der Waals surface area contributed by atoms with Gasteiger partial charge in [0.25, 0.3) is 5.91 Å². The van der Waals surface area contributed by atoms with Crippen molar-refractivity contribution in [2.75, 3.05) is 6.61 Å². The molecule has 1 heterocycles. The second-order valence-electron chi connectivity index (χ2n) is 2.52. The molecule has 1 aromatic rings. The molecule has 0 aliphatic heterocycles. The van der Waals surface area contributed by atoms with Gasteiger partial charge in [0.15, 0.2) is 11.8 Å². The first-order valence-electron chi connectivity index (χ1n) is 3.83. The SMILES string of the molecule is O=C(N[C@H](CO)C(=O)O)c1ccco1.